The summed E-state index contributed by atoms with van der Waals surface area (Å²) in [5.41, 5.74) is 3.36. The smallest absolute Gasteiger partial charge is 0.143 e. The van der Waals surface area contributed by atoms with Gasteiger partial charge in [0.1, 0.15) is 6.04 Å². The zero-order valence-corrected chi connectivity index (χ0v) is 12.6. The molecule has 0 N–H and O–H groups in total. The summed E-state index contributed by atoms with van der Waals surface area (Å²) in [6.45, 7) is 0.730. The van der Waals surface area contributed by atoms with Crippen LogP contribution in [0.5, 0.6) is 0 Å². The Morgan fingerprint density at radius 2 is 1.73 bits per heavy atom. The van der Waals surface area contributed by atoms with E-state index in [2.05, 4.69) is 41.3 Å². The lowest BCUT2D eigenvalue weighted by Crippen LogP contribution is -2.30. The molecule has 22 heavy (non-hydrogen) atoms. The first-order chi connectivity index (χ1) is 10.8. The second-order valence-electron chi connectivity index (χ2n) is 5.50. The van der Waals surface area contributed by atoms with Crippen molar-refractivity contribution in [1.29, 1.82) is 5.26 Å². The van der Waals surface area contributed by atoms with Crippen LogP contribution in [0.2, 0.25) is 5.02 Å². The van der Waals surface area contributed by atoms with E-state index in [4.69, 9.17) is 11.6 Å². The summed E-state index contributed by atoms with van der Waals surface area (Å²) in [5, 5.41) is 12.9. The van der Waals surface area contributed by atoms with Crippen LogP contribution in [0.1, 0.15) is 17.2 Å². The van der Waals surface area contributed by atoms with Crippen LogP contribution < -0.4 is 4.90 Å². The summed E-state index contributed by atoms with van der Waals surface area (Å²) in [4.78, 5) is 2.13. The Morgan fingerprint density at radius 1 is 1.00 bits per heavy atom. The van der Waals surface area contributed by atoms with Crippen molar-refractivity contribution in [2.24, 2.45) is 0 Å². The van der Waals surface area contributed by atoms with Crippen molar-refractivity contribution in [1.82, 2.24) is 0 Å². The van der Waals surface area contributed by atoms with Crippen LogP contribution in [-0.2, 0) is 6.54 Å². The molecule has 4 rings (SSSR count). The van der Waals surface area contributed by atoms with Gasteiger partial charge >= 0.3 is 0 Å². The Bertz CT molecular complexity index is 888. The summed E-state index contributed by atoms with van der Waals surface area (Å²) in [6.07, 6.45) is 0. The molecule has 0 aliphatic carbocycles. The Hall–Kier alpha value is -2.50. The van der Waals surface area contributed by atoms with E-state index in [1.165, 1.54) is 16.3 Å². The number of halogens is 1. The SMILES string of the molecule is N#CC1c2cccc3cccc(c23)CN1c1ccc(Cl)cc1. The van der Waals surface area contributed by atoms with Gasteiger partial charge in [0.2, 0.25) is 0 Å². The molecule has 0 fully saturated rings. The lowest BCUT2D eigenvalue weighted by Gasteiger charge is -2.35. The van der Waals surface area contributed by atoms with Crippen molar-refractivity contribution in [2.75, 3.05) is 4.90 Å². The molecule has 3 aromatic carbocycles. The molecular formula is C19H13ClN2. The molecule has 1 atom stereocenters. The van der Waals surface area contributed by atoms with E-state index in [1.54, 1.807) is 0 Å². The maximum atomic E-state index is 9.74. The van der Waals surface area contributed by atoms with Crippen molar-refractivity contribution < 1.29 is 0 Å². The van der Waals surface area contributed by atoms with Crippen LogP contribution in [0, 0.1) is 11.3 Å². The highest BCUT2D eigenvalue weighted by Gasteiger charge is 2.28. The second kappa shape index (κ2) is 5.05. The van der Waals surface area contributed by atoms with E-state index in [0.717, 1.165) is 17.8 Å². The lowest BCUT2D eigenvalue weighted by atomic mass is 9.90. The van der Waals surface area contributed by atoms with Gasteiger partial charge in [-0.2, -0.15) is 5.26 Å². The summed E-state index contributed by atoms with van der Waals surface area (Å²) in [7, 11) is 0. The molecule has 0 spiro atoms. The van der Waals surface area contributed by atoms with E-state index in [1.807, 2.05) is 30.3 Å². The van der Waals surface area contributed by atoms with Gasteiger partial charge < -0.3 is 4.90 Å². The van der Waals surface area contributed by atoms with Gasteiger partial charge in [0.15, 0.2) is 0 Å². The number of hydrogen-bond acceptors (Lipinski definition) is 2. The molecule has 0 radical (unpaired) electrons. The minimum absolute atomic E-state index is 0.278. The van der Waals surface area contributed by atoms with Gasteiger partial charge in [-0.1, -0.05) is 48.0 Å². The number of nitriles is 1. The van der Waals surface area contributed by atoms with Gasteiger partial charge in [-0.15, -0.1) is 0 Å². The van der Waals surface area contributed by atoms with E-state index in [-0.39, 0.29) is 6.04 Å². The molecule has 0 saturated heterocycles. The van der Waals surface area contributed by atoms with Gasteiger partial charge in [-0.05, 0) is 46.2 Å². The molecule has 3 aromatic rings. The van der Waals surface area contributed by atoms with Crippen LogP contribution in [-0.4, -0.2) is 0 Å². The first-order valence-corrected chi connectivity index (χ1v) is 7.58. The molecule has 1 aliphatic heterocycles. The van der Waals surface area contributed by atoms with Crippen LogP contribution in [0.25, 0.3) is 10.8 Å². The van der Waals surface area contributed by atoms with Crippen molar-refractivity contribution in [3.63, 3.8) is 0 Å². The Kier molecular flexibility index (Phi) is 3.03. The maximum Gasteiger partial charge on any atom is 0.143 e. The fraction of sp³-hybridized carbons (Fsp3) is 0.105. The molecule has 1 unspecified atom stereocenters. The third kappa shape index (κ3) is 1.94. The van der Waals surface area contributed by atoms with Crippen molar-refractivity contribution >= 4 is 28.1 Å². The van der Waals surface area contributed by atoms with Gasteiger partial charge in [-0.3, -0.25) is 0 Å². The Morgan fingerprint density at radius 3 is 2.45 bits per heavy atom. The van der Waals surface area contributed by atoms with Crippen molar-refractivity contribution in [3.05, 3.63) is 76.8 Å². The molecule has 1 aliphatic rings. The van der Waals surface area contributed by atoms with Gasteiger partial charge in [0, 0.05) is 17.3 Å². The number of benzene rings is 3. The summed E-state index contributed by atoms with van der Waals surface area (Å²) >= 11 is 5.98. The van der Waals surface area contributed by atoms with Crippen LogP contribution in [0.4, 0.5) is 5.69 Å². The first-order valence-electron chi connectivity index (χ1n) is 7.20. The predicted molar refractivity (Wildman–Crippen MR) is 89.9 cm³/mol. The number of hydrogen-bond donors (Lipinski definition) is 0. The van der Waals surface area contributed by atoms with Crippen LogP contribution >= 0.6 is 11.6 Å². The topological polar surface area (TPSA) is 27.0 Å². The highest BCUT2D eigenvalue weighted by atomic mass is 35.5. The minimum Gasteiger partial charge on any atom is -0.348 e. The normalized spacial score (nSPS) is 16.5. The van der Waals surface area contributed by atoms with Gasteiger partial charge in [0.05, 0.1) is 6.07 Å². The molecular weight excluding hydrogens is 292 g/mol. The van der Waals surface area contributed by atoms with E-state index in [9.17, 15) is 5.26 Å². The quantitative estimate of drug-likeness (QED) is 0.627. The largest absolute Gasteiger partial charge is 0.348 e. The number of anilines is 1. The average molecular weight is 305 g/mol. The van der Waals surface area contributed by atoms with E-state index < -0.39 is 0 Å². The first kappa shape index (κ1) is 13.2. The number of nitrogens with zero attached hydrogens (tertiary/aromatic N) is 2. The van der Waals surface area contributed by atoms with Crippen LogP contribution in [0.15, 0.2) is 60.7 Å². The van der Waals surface area contributed by atoms with Gasteiger partial charge in [0.25, 0.3) is 0 Å². The van der Waals surface area contributed by atoms with E-state index >= 15 is 0 Å². The third-order valence-electron chi connectivity index (χ3n) is 4.25. The molecule has 1 heterocycles. The molecule has 0 saturated carbocycles. The maximum absolute atomic E-state index is 9.74. The van der Waals surface area contributed by atoms with Crippen molar-refractivity contribution in [2.45, 2.75) is 12.6 Å². The molecule has 2 nitrogen and oxygen atoms in total. The fourth-order valence-electron chi connectivity index (χ4n) is 3.26. The van der Waals surface area contributed by atoms with E-state index in [0.29, 0.717) is 5.02 Å². The van der Waals surface area contributed by atoms with Crippen molar-refractivity contribution in [3.8, 4) is 6.07 Å². The zero-order chi connectivity index (χ0) is 15.1. The molecule has 0 aromatic heterocycles. The molecule has 3 heteroatoms. The summed E-state index contributed by atoms with van der Waals surface area (Å²) in [5.74, 6) is 0. The Labute approximate surface area is 134 Å². The number of rotatable bonds is 1. The highest BCUT2D eigenvalue weighted by molar-refractivity contribution is 6.30. The molecule has 0 bridgehead atoms. The second-order valence-corrected chi connectivity index (χ2v) is 5.93. The fourth-order valence-corrected chi connectivity index (χ4v) is 3.39. The highest BCUT2D eigenvalue weighted by Crippen LogP contribution is 2.39. The summed E-state index contributed by atoms with van der Waals surface area (Å²) < 4.78 is 0. The minimum atomic E-state index is -0.278. The zero-order valence-electron chi connectivity index (χ0n) is 11.8. The summed E-state index contributed by atoms with van der Waals surface area (Å²) in [6, 6.07) is 22.4. The third-order valence-corrected chi connectivity index (χ3v) is 4.50. The molecule has 0 amide bonds. The monoisotopic (exact) mass is 304 g/mol. The lowest BCUT2D eigenvalue weighted by molar-refractivity contribution is 0.721. The Balaban J connectivity index is 1.91. The van der Waals surface area contributed by atoms with Gasteiger partial charge in [-0.25, -0.2) is 0 Å². The molecule has 106 valence electrons. The standard InChI is InChI=1S/C19H13ClN2/c20-15-7-9-16(10-8-15)22-12-14-5-1-3-13-4-2-6-17(19(13)14)18(22)11-21/h1-10,18H,12H2. The predicted octanol–water partition coefficient (Wildman–Crippen LogP) is 5.08. The van der Waals surface area contributed by atoms with Crippen LogP contribution in [0.3, 0.4) is 0 Å². The average Bonchev–Trinajstić information content (AvgIpc) is 2.56.